The smallest absolute Gasteiger partial charge is 0.118 e. The predicted molar refractivity (Wildman–Crippen MR) is 135 cm³/mol. The average Bonchev–Trinajstić information content (AvgIpc) is 2.81. The van der Waals surface area contributed by atoms with Crippen molar-refractivity contribution in [2.75, 3.05) is 59.5 Å². The molecule has 0 aliphatic carbocycles. The number of ether oxygens (including phenoxy) is 1. The van der Waals surface area contributed by atoms with Crippen molar-refractivity contribution in [3.05, 3.63) is 63.6 Å². The van der Waals surface area contributed by atoms with Gasteiger partial charge >= 0.3 is 0 Å². The topological polar surface area (TPSA) is 45.0 Å². The number of nitrogens with zero attached hydrogens (tertiary/aromatic N) is 3. The molecule has 176 valence electrons. The van der Waals surface area contributed by atoms with Gasteiger partial charge in [0.15, 0.2) is 0 Å². The molecule has 1 heterocycles. The number of rotatable bonds is 12. The lowest BCUT2D eigenvalue weighted by Gasteiger charge is -2.35. The average molecular weight is 479 g/mol. The van der Waals surface area contributed by atoms with Crippen LogP contribution in [0.2, 0.25) is 10.0 Å². The Labute approximate surface area is 203 Å². The van der Waals surface area contributed by atoms with Gasteiger partial charge in [-0.1, -0.05) is 41.4 Å². The summed E-state index contributed by atoms with van der Waals surface area (Å²) in [4.78, 5) is 7.60. The van der Waals surface area contributed by atoms with Gasteiger partial charge in [-0.25, -0.2) is 0 Å². The van der Waals surface area contributed by atoms with Crippen molar-refractivity contribution in [3.63, 3.8) is 0 Å². The van der Waals surface area contributed by atoms with Gasteiger partial charge < -0.3 is 20.3 Å². The van der Waals surface area contributed by atoms with Crippen molar-refractivity contribution in [1.82, 2.24) is 14.7 Å². The minimum absolute atomic E-state index is 0.600. The van der Waals surface area contributed by atoms with Crippen molar-refractivity contribution in [2.45, 2.75) is 25.9 Å². The SMILES string of the molecule is COc1ccc(CN(CCCN2CCN(CCCN)CC2)Cc2ccc(Cl)c(Cl)c2)cc1. The Balaban J connectivity index is 1.53. The maximum atomic E-state index is 6.26. The second-order valence-corrected chi connectivity index (χ2v) is 9.30. The molecule has 3 rings (SSSR count). The largest absolute Gasteiger partial charge is 0.497 e. The van der Waals surface area contributed by atoms with Crippen LogP contribution in [0.5, 0.6) is 5.75 Å². The molecule has 0 spiro atoms. The van der Waals surface area contributed by atoms with E-state index in [0.717, 1.165) is 84.0 Å². The molecule has 0 bridgehead atoms. The van der Waals surface area contributed by atoms with E-state index in [0.29, 0.717) is 10.0 Å². The summed E-state index contributed by atoms with van der Waals surface area (Å²) in [6, 6.07) is 14.3. The van der Waals surface area contributed by atoms with Gasteiger partial charge in [-0.3, -0.25) is 4.90 Å². The van der Waals surface area contributed by atoms with Crippen molar-refractivity contribution >= 4 is 23.2 Å². The Hall–Kier alpha value is -1.34. The Morgan fingerprint density at radius 1 is 0.844 bits per heavy atom. The first kappa shape index (κ1) is 25.3. The van der Waals surface area contributed by atoms with Crippen molar-refractivity contribution in [3.8, 4) is 5.75 Å². The molecule has 1 saturated heterocycles. The van der Waals surface area contributed by atoms with E-state index < -0.39 is 0 Å². The second-order valence-electron chi connectivity index (χ2n) is 8.49. The van der Waals surface area contributed by atoms with E-state index in [-0.39, 0.29) is 0 Å². The quantitative estimate of drug-likeness (QED) is 0.490. The van der Waals surface area contributed by atoms with E-state index in [2.05, 4.69) is 32.9 Å². The van der Waals surface area contributed by atoms with Gasteiger partial charge in [-0.05, 0) is 67.9 Å². The maximum Gasteiger partial charge on any atom is 0.118 e. The van der Waals surface area contributed by atoms with E-state index in [1.807, 2.05) is 24.3 Å². The van der Waals surface area contributed by atoms with Gasteiger partial charge in [0.05, 0.1) is 17.2 Å². The normalized spacial score (nSPS) is 15.4. The van der Waals surface area contributed by atoms with Crippen LogP contribution in [0.1, 0.15) is 24.0 Å². The molecule has 0 atom stereocenters. The van der Waals surface area contributed by atoms with Gasteiger partial charge in [0.2, 0.25) is 0 Å². The van der Waals surface area contributed by atoms with Crippen LogP contribution in [-0.4, -0.2) is 74.2 Å². The first-order valence-corrected chi connectivity index (χ1v) is 12.3. The third kappa shape index (κ3) is 8.22. The van der Waals surface area contributed by atoms with E-state index in [1.165, 1.54) is 11.1 Å². The number of benzene rings is 2. The zero-order valence-electron chi connectivity index (χ0n) is 19.1. The fraction of sp³-hybridized carbons (Fsp3) is 0.520. The van der Waals surface area contributed by atoms with Crippen LogP contribution in [0.4, 0.5) is 0 Å². The lowest BCUT2D eigenvalue weighted by Crippen LogP contribution is -2.47. The molecule has 1 fully saturated rings. The second kappa shape index (κ2) is 13.4. The molecule has 1 aliphatic heterocycles. The highest BCUT2D eigenvalue weighted by Gasteiger charge is 2.16. The van der Waals surface area contributed by atoms with Gasteiger partial charge in [-0.15, -0.1) is 0 Å². The number of halogens is 2. The van der Waals surface area contributed by atoms with Crippen LogP contribution in [0.3, 0.4) is 0 Å². The van der Waals surface area contributed by atoms with E-state index in [1.54, 1.807) is 7.11 Å². The van der Waals surface area contributed by atoms with Gasteiger partial charge in [0.1, 0.15) is 5.75 Å². The van der Waals surface area contributed by atoms with Gasteiger partial charge in [0, 0.05) is 45.8 Å². The molecule has 0 radical (unpaired) electrons. The van der Waals surface area contributed by atoms with Crippen LogP contribution < -0.4 is 10.5 Å². The molecule has 2 N–H and O–H groups in total. The Bertz CT molecular complexity index is 810. The minimum Gasteiger partial charge on any atom is -0.497 e. The van der Waals surface area contributed by atoms with E-state index >= 15 is 0 Å². The van der Waals surface area contributed by atoms with Crippen LogP contribution in [0, 0.1) is 0 Å². The molecule has 1 aliphatic rings. The maximum absolute atomic E-state index is 6.26. The molecule has 32 heavy (non-hydrogen) atoms. The number of hydrogen-bond acceptors (Lipinski definition) is 5. The molecular formula is C25H36Cl2N4O. The lowest BCUT2D eigenvalue weighted by molar-refractivity contribution is 0.125. The summed E-state index contributed by atoms with van der Waals surface area (Å²) in [5, 5.41) is 1.21. The highest BCUT2D eigenvalue weighted by Crippen LogP contribution is 2.24. The number of methoxy groups -OCH3 is 1. The van der Waals surface area contributed by atoms with E-state index in [4.69, 9.17) is 33.7 Å². The molecule has 0 saturated carbocycles. The van der Waals surface area contributed by atoms with Crippen LogP contribution in [-0.2, 0) is 13.1 Å². The third-order valence-corrected chi connectivity index (χ3v) is 6.79. The third-order valence-electron chi connectivity index (χ3n) is 6.05. The Morgan fingerprint density at radius 3 is 2.03 bits per heavy atom. The van der Waals surface area contributed by atoms with Crippen LogP contribution >= 0.6 is 23.2 Å². The number of hydrogen-bond donors (Lipinski definition) is 1. The van der Waals surface area contributed by atoms with Crippen molar-refractivity contribution < 1.29 is 4.74 Å². The summed E-state index contributed by atoms with van der Waals surface area (Å²) in [6.45, 7) is 10.4. The van der Waals surface area contributed by atoms with Crippen LogP contribution in [0.25, 0.3) is 0 Å². The highest BCUT2D eigenvalue weighted by atomic mass is 35.5. The molecule has 0 amide bonds. The first-order chi connectivity index (χ1) is 15.6. The van der Waals surface area contributed by atoms with Crippen molar-refractivity contribution in [1.29, 1.82) is 0 Å². The molecule has 5 nitrogen and oxygen atoms in total. The summed E-state index contributed by atoms with van der Waals surface area (Å²) >= 11 is 12.4. The summed E-state index contributed by atoms with van der Waals surface area (Å²) in [5.74, 6) is 0.885. The standard InChI is InChI=1S/C25H36Cl2N4O/c1-32-23-7-4-21(5-8-23)19-31(20-22-6-9-24(26)25(27)18-22)13-3-12-30-16-14-29(15-17-30)11-2-10-28/h4-9,18H,2-3,10-17,19-20,28H2,1H3. The van der Waals surface area contributed by atoms with Gasteiger partial charge in [-0.2, -0.15) is 0 Å². The Kier molecular flexibility index (Phi) is 10.6. The predicted octanol–water partition coefficient (Wildman–Crippen LogP) is 4.36. The van der Waals surface area contributed by atoms with Gasteiger partial charge in [0.25, 0.3) is 0 Å². The van der Waals surface area contributed by atoms with E-state index in [9.17, 15) is 0 Å². The summed E-state index contributed by atoms with van der Waals surface area (Å²) < 4.78 is 5.30. The molecule has 0 aromatic heterocycles. The number of piperazine rings is 1. The number of nitrogens with two attached hydrogens (primary N) is 1. The molecule has 0 unspecified atom stereocenters. The zero-order valence-corrected chi connectivity index (χ0v) is 20.6. The zero-order chi connectivity index (χ0) is 22.8. The van der Waals surface area contributed by atoms with Crippen molar-refractivity contribution in [2.24, 2.45) is 5.73 Å². The monoisotopic (exact) mass is 478 g/mol. The summed E-state index contributed by atoms with van der Waals surface area (Å²) in [5.41, 5.74) is 8.10. The summed E-state index contributed by atoms with van der Waals surface area (Å²) in [6.07, 6.45) is 2.23. The fourth-order valence-corrected chi connectivity index (χ4v) is 4.49. The lowest BCUT2D eigenvalue weighted by atomic mass is 10.1. The fourth-order valence-electron chi connectivity index (χ4n) is 4.17. The summed E-state index contributed by atoms with van der Waals surface area (Å²) in [7, 11) is 1.70. The molecular weight excluding hydrogens is 443 g/mol. The molecule has 2 aromatic rings. The first-order valence-electron chi connectivity index (χ1n) is 11.5. The highest BCUT2D eigenvalue weighted by molar-refractivity contribution is 6.42. The Morgan fingerprint density at radius 2 is 1.44 bits per heavy atom. The minimum atomic E-state index is 0.600. The van der Waals surface area contributed by atoms with Crippen LogP contribution in [0.15, 0.2) is 42.5 Å². The molecule has 2 aromatic carbocycles. The molecule has 7 heteroatoms.